The monoisotopic (exact) mass is 407 g/mol. The van der Waals surface area contributed by atoms with Gasteiger partial charge in [0.15, 0.2) is 5.75 Å². The standard InChI is InChI=1S/C22H25N5O3/c1-14(28)24-17-7-5-15(6-8-17)9-11-27-12-10-16(13-27)21-25-18-3-2-4-19(20(18)26-21)30-22(23)29/h2-8,16H,9-13H2,1H3,(H2,23,29)(H,24,28)(H,25,26). The van der Waals surface area contributed by atoms with Crippen LogP contribution in [0.2, 0.25) is 0 Å². The molecule has 0 radical (unpaired) electrons. The molecule has 1 aliphatic rings. The third-order valence-electron chi connectivity index (χ3n) is 5.35. The molecule has 156 valence electrons. The molecule has 8 nitrogen and oxygen atoms in total. The summed E-state index contributed by atoms with van der Waals surface area (Å²) >= 11 is 0. The molecule has 4 N–H and O–H groups in total. The second-order valence-electron chi connectivity index (χ2n) is 7.61. The number of nitrogens with zero attached hydrogens (tertiary/aromatic N) is 2. The minimum atomic E-state index is -0.843. The van der Waals surface area contributed by atoms with E-state index in [1.54, 1.807) is 12.1 Å². The van der Waals surface area contributed by atoms with Gasteiger partial charge in [0.1, 0.15) is 11.3 Å². The van der Waals surface area contributed by atoms with Crippen molar-refractivity contribution in [1.82, 2.24) is 14.9 Å². The number of nitrogens with one attached hydrogen (secondary N) is 2. The smallest absolute Gasteiger partial charge is 0.408 e. The highest BCUT2D eigenvalue weighted by Crippen LogP contribution is 2.30. The molecule has 1 saturated heterocycles. The molecule has 1 unspecified atom stereocenters. The number of imidazole rings is 1. The minimum absolute atomic E-state index is 0.0650. The minimum Gasteiger partial charge on any atom is -0.408 e. The largest absolute Gasteiger partial charge is 0.410 e. The van der Waals surface area contributed by atoms with Gasteiger partial charge in [-0.15, -0.1) is 0 Å². The summed E-state index contributed by atoms with van der Waals surface area (Å²) in [5, 5.41) is 2.78. The summed E-state index contributed by atoms with van der Waals surface area (Å²) in [6, 6.07) is 13.4. The molecule has 4 rings (SSSR count). The first kappa shape index (κ1) is 19.9. The van der Waals surface area contributed by atoms with Gasteiger partial charge in [-0.1, -0.05) is 18.2 Å². The Hall–Kier alpha value is -3.39. The number of ether oxygens (including phenoxy) is 1. The lowest BCUT2D eigenvalue weighted by atomic mass is 10.1. The number of primary amides is 1. The van der Waals surface area contributed by atoms with Crippen LogP contribution in [0.5, 0.6) is 5.75 Å². The van der Waals surface area contributed by atoms with Crippen LogP contribution in [-0.2, 0) is 11.2 Å². The van der Waals surface area contributed by atoms with E-state index in [-0.39, 0.29) is 5.91 Å². The number of nitrogens with two attached hydrogens (primary N) is 1. The van der Waals surface area contributed by atoms with Crippen LogP contribution in [-0.4, -0.2) is 46.5 Å². The number of anilines is 1. The molecule has 1 fully saturated rings. The number of hydrogen-bond donors (Lipinski definition) is 3. The highest BCUT2D eigenvalue weighted by atomic mass is 16.5. The van der Waals surface area contributed by atoms with E-state index in [1.165, 1.54) is 12.5 Å². The maximum atomic E-state index is 11.1. The van der Waals surface area contributed by atoms with Crippen LogP contribution in [0, 0.1) is 0 Å². The number of carbonyl (C=O) groups excluding carboxylic acids is 2. The van der Waals surface area contributed by atoms with Crippen molar-refractivity contribution in [3.05, 3.63) is 53.9 Å². The fourth-order valence-corrected chi connectivity index (χ4v) is 3.91. The van der Waals surface area contributed by atoms with E-state index in [0.717, 1.165) is 49.5 Å². The zero-order valence-corrected chi connectivity index (χ0v) is 16.9. The second kappa shape index (κ2) is 8.54. The van der Waals surface area contributed by atoms with Crippen molar-refractivity contribution in [3.8, 4) is 5.75 Å². The molecule has 2 amide bonds. The van der Waals surface area contributed by atoms with Crippen molar-refractivity contribution < 1.29 is 14.3 Å². The molecule has 1 aromatic heterocycles. The molecular formula is C22H25N5O3. The van der Waals surface area contributed by atoms with Crippen LogP contribution in [0.4, 0.5) is 10.5 Å². The summed E-state index contributed by atoms with van der Waals surface area (Å²) in [6.45, 7) is 4.41. The number of fused-ring (bicyclic) bond motifs is 1. The first-order valence-corrected chi connectivity index (χ1v) is 10.0. The SMILES string of the molecule is CC(=O)Nc1ccc(CCN2CCC(c3nc4c(OC(N)=O)cccc4[nH]3)C2)cc1. The molecule has 1 aliphatic heterocycles. The number of para-hydroxylation sites is 1. The Morgan fingerprint density at radius 3 is 2.80 bits per heavy atom. The predicted octanol–water partition coefficient (Wildman–Crippen LogP) is 3.01. The second-order valence-corrected chi connectivity index (χ2v) is 7.61. The van der Waals surface area contributed by atoms with Crippen molar-refractivity contribution in [1.29, 1.82) is 0 Å². The maximum Gasteiger partial charge on any atom is 0.410 e. The van der Waals surface area contributed by atoms with Gasteiger partial charge in [0, 0.05) is 31.6 Å². The number of carbonyl (C=O) groups is 2. The Kier molecular flexibility index (Phi) is 5.67. The molecule has 0 spiro atoms. The van der Waals surface area contributed by atoms with E-state index in [1.807, 2.05) is 18.2 Å². The summed E-state index contributed by atoms with van der Waals surface area (Å²) in [6.07, 6.45) is 1.13. The predicted molar refractivity (Wildman–Crippen MR) is 115 cm³/mol. The number of amides is 2. The van der Waals surface area contributed by atoms with E-state index >= 15 is 0 Å². The van der Waals surface area contributed by atoms with E-state index in [4.69, 9.17) is 10.5 Å². The Bertz CT molecular complexity index is 1060. The average molecular weight is 407 g/mol. The average Bonchev–Trinajstić information content (AvgIpc) is 3.34. The van der Waals surface area contributed by atoms with Crippen molar-refractivity contribution in [3.63, 3.8) is 0 Å². The number of aromatic amines is 1. The van der Waals surface area contributed by atoms with Gasteiger partial charge >= 0.3 is 6.09 Å². The fraction of sp³-hybridized carbons (Fsp3) is 0.318. The van der Waals surface area contributed by atoms with Gasteiger partial charge in [-0.05, 0) is 49.2 Å². The number of rotatable bonds is 6. The van der Waals surface area contributed by atoms with Gasteiger partial charge < -0.3 is 25.7 Å². The zero-order valence-electron chi connectivity index (χ0n) is 16.9. The lowest BCUT2D eigenvalue weighted by molar-refractivity contribution is -0.114. The van der Waals surface area contributed by atoms with Gasteiger partial charge in [0.25, 0.3) is 0 Å². The summed E-state index contributed by atoms with van der Waals surface area (Å²) in [5.74, 6) is 1.53. The number of hydrogen-bond acceptors (Lipinski definition) is 5. The summed E-state index contributed by atoms with van der Waals surface area (Å²) in [7, 11) is 0. The van der Waals surface area contributed by atoms with Gasteiger partial charge in [0.05, 0.1) is 5.52 Å². The number of benzene rings is 2. The third-order valence-corrected chi connectivity index (χ3v) is 5.35. The molecule has 2 aromatic carbocycles. The zero-order chi connectivity index (χ0) is 21.1. The van der Waals surface area contributed by atoms with Crippen LogP contribution in [0.1, 0.15) is 30.7 Å². The van der Waals surface area contributed by atoms with Crippen LogP contribution in [0.3, 0.4) is 0 Å². The number of likely N-dealkylation sites (tertiary alicyclic amines) is 1. The van der Waals surface area contributed by atoms with Crippen molar-refractivity contribution in [2.24, 2.45) is 5.73 Å². The summed E-state index contributed by atoms with van der Waals surface area (Å²) in [5.41, 5.74) is 8.67. The van der Waals surface area contributed by atoms with Crippen LogP contribution >= 0.6 is 0 Å². The number of H-pyrrole nitrogens is 1. The lowest BCUT2D eigenvalue weighted by Crippen LogP contribution is -2.23. The molecule has 2 heterocycles. The number of aromatic nitrogens is 2. The summed E-state index contributed by atoms with van der Waals surface area (Å²) < 4.78 is 5.06. The summed E-state index contributed by atoms with van der Waals surface area (Å²) in [4.78, 5) is 32.7. The first-order valence-electron chi connectivity index (χ1n) is 10.0. The third kappa shape index (κ3) is 4.60. The topological polar surface area (TPSA) is 113 Å². The van der Waals surface area contributed by atoms with Gasteiger partial charge in [0.2, 0.25) is 5.91 Å². The highest BCUT2D eigenvalue weighted by Gasteiger charge is 2.26. The Balaban J connectivity index is 1.36. The highest BCUT2D eigenvalue weighted by molar-refractivity contribution is 5.88. The van der Waals surface area contributed by atoms with Crippen molar-refractivity contribution in [2.75, 3.05) is 25.0 Å². The fourth-order valence-electron chi connectivity index (χ4n) is 3.91. The molecule has 0 saturated carbocycles. The Labute approximate surface area is 174 Å². The molecule has 8 heteroatoms. The Morgan fingerprint density at radius 2 is 2.07 bits per heavy atom. The van der Waals surface area contributed by atoms with E-state index in [2.05, 4.69) is 32.3 Å². The normalized spacial score (nSPS) is 16.6. The molecule has 30 heavy (non-hydrogen) atoms. The van der Waals surface area contributed by atoms with Gasteiger partial charge in [-0.2, -0.15) is 0 Å². The molecule has 3 aromatic rings. The van der Waals surface area contributed by atoms with Crippen molar-refractivity contribution in [2.45, 2.75) is 25.7 Å². The van der Waals surface area contributed by atoms with E-state index in [0.29, 0.717) is 17.2 Å². The molecule has 0 bridgehead atoms. The van der Waals surface area contributed by atoms with Gasteiger partial charge in [-0.25, -0.2) is 9.78 Å². The molecular weight excluding hydrogens is 382 g/mol. The van der Waals surface area contributed by atoms with Gasteiger partial charge in [-0.3, -0.25) is 4.79 Å². The quantitative estimate of drug-likeness (QED) is 0.581. The van der Waals surface area contributed by atoms with Crippen LogP contribution < -0.4 is 15.8 Å². The lowest BCUT2D eigenvalue weighted by Gasteiger charge is -2.15. The maximum absolute atomic E-state index is 11.1. The Morgan fingerprint density at radius 1 is 1.27 bits per heavy atom. The first-order chi connectivity index (χ1) is 14.5. The van der Waals surface area contributed by atoms with Crippen LogP contribution in [0.25, 0.3) is 11.0 Å². The molecule has 0 aliphatic carbocycles. The molecule has 1 atom stereocenters. The van der Waals surface area contributed by atoms with E-state index in [9.17, 15) is 9.59 Å². The van der Waals surface area contributed by atoms with E-state index < -0.39 is 6.09 Å². The van der Waals surface area contributed by atoms with Crippen molar-refractivity contribution >= 4 is 28.7 Å². The van der Waals surface area contributed by atoms with Crippen LogP contribution in [0.15, 0.2) is 42.5 Å².